The molecule has 1 fully saturated rings. The highest BCUT2D eigenvalue weighted by Crippen LogP contribution is 2.28. The van der Waals surface area contributed by atoms with Crippen LogP contribution in [0.25, 0.3) is 0 Å². The number of carbonyl (C=O) groups excluding carboxylic acids is 2. The van der Waals surface area contributed by atoms with Crippen LogP contribution in [-0.2, 0) is 9.53 Å². The monoisotopic (exact) mass is 300 g/mol. The number of hydrogen-bond donors (Lipinski definition) is 2. The van der Waals surface area contributed by atoms with Gasteiger partial charge in [-0.25, -0.2) is 4.79 Å². The molecule has 0 bridgehead atoms. The molecular formula is C15H28N2O4. The Morgan fingerprint density at radius 2 is 1.90 bits per heavy atom. The van der Waals surface area contributed by atoms with Crippen molar-refractivity contribution < 1.29 is 19.4 Å². The summed E-state index contributed by atoms with van der Waals surface area (Å²) in [6, 6.07) is -0.353. The van der Waals surface area contributed by atoms with Gasteiger partial charge in [0, 0.05) is 20.5 Å². The van der Waals surface area contributed by atoms with Crippen LogP contribution in [0, 0.1) is 5.92 Å². The molecule has 1 aliphatic rings. The first-order chi connectivity index (χ1) is 9.58. The summed E-state index contributed by atoms with van der Waals surface area (Å²) in [4.78, 5) is 25.1. The number of amides is 2. The molecule has 0 unspecified atom stereocenters. The fraction of sp³-hybridized carbons (Fsp3) is 0.867. The third-order valence-corrected chi connectivity index (χ3v) is 3.59. The van der Waals surface area contributed by atoms with Gasteiger partial charge >= 0.3 is 6.09 Å². The molecule has 0 spiro atoms. The van der Waals surface area contributed by atoms with Gasteiger partial charge in [0.2, 0.25) is 5.91 Å². The van der Waals surface area contributed by atoms with Crippen molar-refractivity contribution in [2.45, 2.75) is 64.2 Å². The Morgan fingerprint density at radius 3 is 2.43 bits per heavy atom. The second-order valence-corrected chi connectivity index (χ2v) is 6.99. The first-order valence-electron chi connectivity index (χ1n) is 7.46. The van der Waals surface area contributed by atoms with Crippen LogP contribution < -0.4 is 5.32 Å². The van der Waals surface area contributed by atoms with E-state index in [1.54, 1.807) is 39.8 Å². The van der Waals surface area contributed by atoms with Gasteiger partial charge < -0.3 is 20.1 Å². The fourth-order valence-corrected chi connectivity index (χ4v) is 2.47. The zero-order valence-corrected chi connectivity index (χ0v) is 13.7. The minimum absolute atomic E-state index is 0.0763. The maximum absolute atomic E-state index is 11.8. The van der Waals surface area contributed by atoms with Crippen molar-refractivity contribution in [3.63, 3.8) is 0 Å². The smallest absolute Gasteiger partial charge is 0.407 e. The number of nitrogens with one attached hydrogen (secondary N) is 1. The fourth-order valence-electron chi connectivity index (χ4n) is 2.47. The highest BCUT2D eigenvalue weighted by molar-refractivity contribution is 5.75. The molecule has 1 rings (SSSR count). The van der Waals surface area contributed by atoms with Gasteiger partial charge in [0.15, 0.2) is 0 Å². The molecule has 0 aromatic rings. The van der Waals surface area contributed by atoms with Gasteiger partial charge in [0.1, 0.15) is 5.60 Å². The molecule has 0 saturated heterocycles. The highest BCUT2D eigenvalue weighted by atomic mass is 16.6. The number of rotatable bonds is 3. The number of aliphatic hydroxyl groups is 1. The maximum atomic E-state index is 11.8. The second-order valence-electron chi connectivity index (χ2n) is 6.99. The molecule has 1 aliphatic carbocycles. The molecular weight excluding hydrogens is 272 g/mol. The lowest BCUT2D eigenvalue weighted by molar-refractivity contribution is -0.130. The minimum Gasteiger partial charge on any atom is -0.444 e. The molecule has 1 saturated carbocycles. The summed E-state index contributed by atoms with van der Waals surface area (Å²) in [6.07, 6.45) is 1.33. The van der Waals surface area contributed by atoms with Crippen LogP contribution in [0.15, 0.2) is 0 Å². The predicted octanol–water partition coefficient (Wildman–Crippen LogP) is 1.52. The van der Waals surface area contributed by atoms with E-state index < -0.39 is 17.8 Å². The first-order valence-corrected chi connectivity index (χ1v) is 7.46. The molecule has 6 nitrogen and oxygen atoms in total. The molecule has 0 aromatic carbocycles. The summed E-state index contributed by atoms with van der Waals surface area (Å²) >= 11 is 0. The Bertz CT molecular complexity index is 376. The summed E-state index contributed by atoms with van der Waals surface area (Å²) < 4.78 is 5.21. The standard InChI is InChI=1S/C15H28N2O4/c1-15(2,3)21-14(20)16-11-8-10(6-7-12(11)18)9-13(19)17(4)5/h10-12,18H,6-9H2,1-5H3,(H,16,20)/t10-,11+,12+/m0/s1. The SMILES string of the molecule is CN(C)C(=O)C[C@H]1CC[C@@H](O)[C@H](NC(=O)OC(C)(C)C)C1. The molecule has 2 amide bonds. The average molecular weight is 300 g/mol. The van der Waals surface area contributed by atoms with E-state index in [2.05, 4.69) is 5.32 Å². The Kier molecular flexibility index (Phi) is 6.01. The summed E-state index contributed by atoms with van der Waals surface area (Å²) in [7, 11) is 3.47. The van der Waals surface area contributed by atoms with Gasteiger partial charge in [-0.15, -0.1) is 0 Å². The van der Waals surface area contributed by atoms with Crippen molar-refractivity contribution in [1.29, 1.82) is 0 Å². The van der Waals surface area contributed by atoms with Gasteiger partial charge in [0.25, 0.3) is 0 Å². The van der Waals surface area contributed by atoms with Crippen molar-refractivity contribution in [2.24, 2.45) is 5.92 Å². The van der Waals surface area contributed by atoms with Crippen LogP contribution in [0.3, 0.4) is 0 Å². The summed E-state index contributed by atoms with van der Waals surface area (Å²) in [5.41, 5.74) is -0.565. The van der Waals surface area contributed by atoms with Crippen molar-refractivity contribution in [3.05, 3.63) is 0 Å². The normalized spacial score (nSPS) is 26.1. The molecule has 0 aliphatic heterocycles. The zero-order valence-electron chi connectivity index (χ0n) is 13.7. The number of alkyl carbamates (subject to hydrolysis) is 1. The molecule has 0 heterocycles. The molecule has 0 radical (unpaired) electrons. The van der Waals surface area contributed by atoms with Gasteiger partial charge in [0.05, 0.1) is 12.1 Å². The van der Waals surface area contributed by atoms with Crippen molar-refractivity contribution in [2.75, 3.05) is 14.1 Å². The van der Waals surface area contributed by atoms with Crippen LogP contribution in [0.1, 0.15) is 46.5 Å². The summed E-state index contributed by atoms with van der Waals surface area (Å²) in [6.45, 7) is 5.38. The second kappa shape index (κ2) is 7.11. The molecule has 0 aromatic heterocycles. The van der Waals surface area contributed by atoms with Crippen molar-refractivity contribution in [3.8, 4) is 0 Å². The van der Waals surface area contributed by atoms with E-state index in [9.17, 15) is 14.7 Å². The minimum atomic E-state index is -0.580. The highest BCUT2D eigenvalue weighted by Gasteiger charge is 2.32. The molecule has 21 heavy (non-hydrogen) atoms. The maximum Gasteiger partial charge on any atom is 0.407 e. The van der Waals surface area contributed by atoms with E-state index in [-0.39, 0.29) is 17.9 Å². The number of nitrogens with zero attached hydrogens (tertiary/aromatic N) is 1. The number of carbonyl (C=O) groups is 2. The van der Waals surface area contributed by atoms with Crippen LogP contribution >= 0.6 is 0 Å². The molecule has 3 atom stereocenters. The third kappa shape index (κ3) is 6.33. The quantitative estimate of drug-likeness (QED) is 0.828. The van der Waals surface area contributed by atoms with Crippen LogP contribution in [-0.4, -0.2) is 53.8 Å². The third-order valence-electron chi connectivity index (χ3n) is 3.59. The Labute approximate surface area is 126 Å². The Hall–Kier alpha value is -1.30. The zero-order chi connectivity index (χ0) is 16.2. The van der Waals surface area contributed by atoms with E-state index in [4.69, 9.17) is 4.74 Å². The Balaban J connectivity index is 2.53. The van der Waals surface area contributed by atoms with Crippen molar-refractivity contribution >= 4 is 12.0 Å². The van der Waals surface area contributed by atoms with Gasteiger partial charge in [-0.1, -0.05) is 0 Å². The molecule has 122 valence electrons. The molecule has 2 N–H and O–H groups in total. The van der Waals surface area contributed by atoms with Crippen LogP contribution in [0.4, 0.5) is 4.79 Å². The lowest BCUT2D eigenvalue weighted by Crippen LogP contribution is -2.49. The number of aliphatic hydroxyl groups excluding tert-OH is 1. The number of hydrogen-bond acceptors (Lipinski definition) is 4. The largest absolute Gasteiger partial charge is 0.444 e. The topological polar surface area (TPSA) is 78.9 Å². The van der Waals surface area contributed by atoms with Gasteiger partial charge in [-0.05, 0) is 46.0 Å². The predicted molar refractivity (Wildman–Crippen MR) is 79.8 cm³/mol. The van der Waals surface area contributed by atoms with Crippen LogP contribution in [0.5, 0.6) is 0 Å². The lowest BCUT2D eigenvalue weighted by Gasteiger charge is -2.34. The summed E-state index contributed by atoms with van der Waals surface area (Å²) in [5, 5.41) is 12.7. The summed E-state index contributed by atoms with van der Waals surface area (Å²) in [5.74, 6) is 0.260. The lowest BCUT2D eigenvalue weighted by atomic mass is 9.82. The van der Waals surface area contributed by atoms with Crippen LogP contribution in [0.2, 0.25) is 0 Å². The van der Waals surface area contributed by atoms with E-state index >= 15 is 0 Å². The van der Waals surface area contributed by atoms with Gasteiger partial charge in [-0.2, -0.15) is 0 Å². The number of ether oxygens (including phenoxy) is 1. The van der Waals surface area contributed by atoms with E-state index in [0.29, 0.717) is 19.3 Å². The van der Waals surface area contributed by atoms with Crippen molar-refractivity contribution in [1.82, 2.24) is 10.2 Å². The average Bonchev–Trinajstić information content (AvgIpc) is 2.30. The van der Waals surface area contributed by atoms with E-state index in [0.717, 1.165) is 6.42 Å². The van der Waals surface area contributed by atoms with E-state index in [1.165, 1.54) is 0 Å². The van der Waals surface area contributed by atoms with Gasteiger partial charge in [-0.3, -0.25) is 4.79 Å². The first kappa shape index (κ1) is 17.8. The van der Waals surface area contributed by atoms with E-state index in [1.807, 2.05) is 0 Å². The molecule has 6 heteroatoms. The Morgan fingerprint density at radius 1 is 1.29 bits per heavy atom.